The Hall–Kier alpha value is -0.860. The van der Waals surface area contributed by atoms with Crippen molar-refractivity contribution in [2.24, 2.45) is 0 Å². The maximum Gasteiger partial charge on any atom is 0.0233 e. The summed E-state index contributed by atoms with van der Waals surface area (Å²) in [5.74, 6) is 0.874. The number of rotatable bonds is 5. The van der Waals surface area contributed by atoms with E-state index in [0.717, 1.165) is 24.5 Å². The Kier molecular flexibility index (Phi) is 4.42. The highest BCUT2D eigenvalue weighted by Gasteiger charge is 2.24. The van der Waals surface area contributed by atoms with E-state index >= 15 is 0 Å². The fraction of sp³-hybridized carbons (Fsp3) is 0.667. The molecule has 0 atom stereocenters. The lowest BCUT2D eigenvalue weighted by molar-refractivity contribution is 0.170. The van der Waals surface area contributed by atoms with Gasteiger partial charge in [0, 0.05) is 18.6 Å². The summed E-state index contributed by atoms with van der Waals surface area (Å²) < 4.78 is 0. The molecule has 0 heterocycles. The first kappa shape index (κ1) is 14.1. The van der Waals surface area contributed by atoms with E-state index in [4.69, 9.17) is 0 Å². The van der Waals surface area contributed by atoms with Crippen molar-refractivity contribution in [3.63, 3.8) is 0 Å². The van der Waals surface area contributed by atoms with Crippen LogP contribution in [0.25, 0.3) is 0 Å². The Balaban J connectivity index is 1.51. The molecule has 2 saturated carbocycles. The molecule has 0 aromatic heterocycles. The highest BCUT2D eigenvalue weighted by molar-refractivity contribution is 5.28. The second-order valence-corrected chi connectivity index (χ2v) is 6.73. The van der Waals surface area contributed by atoms with Crippen molar-refractivity contribution in [1.82, 2.24) is 10.2 Å². The molecule has 1 aromatic carbocycles. The van der Waals surface area contributed by atoms with E-state index in [-0.39, 0.29) is 0 Å². The van der Waals surface area contributed by atoms with Gasteiger partial charge in [-0.1, -0.05) is 24.3 Å². The van der Waals surface area contributed by atoms with Crippen molar-refractivity contribution < 1.29 is 0 Å². The first-order chi connectivity index (χ1) is 9.76. The standard InChI is InChI=1S/C18H28N2/c1-19-17-9-11-18(12-10-17)20(2)13-14-3-5-15(6-4-14)16-7-8-16/h3-6,16-19H,7-13H2,1-2H3. The number of nitrogens with one attached hydrogen (secondary N) is 1. The molecule has 3 rings (SSSR count). The molecule has 0 spiro atoms. The van der Waals surface area contributed by atoms with Crippen LogP contribution in [0.2, 0.25) is 0 Å². The molecule has 2 aliphatic carbocycles. The van der Waals surface area contributed by atoms with E-state index < -0.39 is 0 Å². The van der Waals surface area contributed by atoms with Gasteiger partial charge in [-0.25, -0.2) is 0 Å². The van der Waals surface area contributed by atoms with Gasteiger partial charge >= 0.3 is 0 Å². The quantitative estimate of drug-likeness (QED) is 0.882. The maximum absolute atomic E-state index is 3.42. The summed E-state index contributed by atoms with van der Waals surface area (Å²) in [6.45, 7) is 1.10. The Morgan fingerprint density at radius 3 is 2.20 bits per heavy atom. The smallest absolute Gasteiger partial charge is 0.0233 e. The summed E-state index contributed by atoms with van der Waals surface area (Å²) in [5, 5.41) is 3.42. The predicted octanol–water partition coefficient (Wildman–Crippen LogP) is 3.53. The van der Waals surface area contributed by atoms with Crippen LogP contribution in [0.1, 0.15) is 55.6 Å². The van der Waals surface area contributed by atoms with Crippen LogP contribution in [0, 0.1) is 0 Å². The Morgan fingerprint density at radius 1 is 1.00 bits per heavy atom. The molecule has 0 amide bonds. The third kappa shape index (κ3) is 3.42. The predicted molar refractivity (Wildman–Crippen MR) is 85.0 cm³/mol. The molecule has 0 radical (unpaired) electrons. The number of benzene rings is 1. The number of nitrogens with zero attached hydrogens (tertiary/aromatic N) is 1. The summed E-state index contributed by atoms with van der Waals surface area (Å²) in [6.07, 6.45) is 8.12. The SMILES string of the molecule is CNC1CCC(N(C)Cc2ccc(C3CC3)cc2)CC1. The lowest BCUT2D eigenvalue weighted by Gasteiger charge is -2.34. The lowest BCUT2D eigenvalue weighted by atomic mass is 9.90. The molecule has 0 bridgehead atoms. The molecule has 110 valence electrons. The minimum atomic E-state index is 0.748. The molecule has 2 heteroatoms. The van der Waals surface area contributed by atoms with Gasteiger partial charge in [0.2, 0.25) is 0 Å². The fourth-order valence-corrected chi connectivity index (χ4v) is 3.53. The van der Waals surface area contributed by atoms with Crippen LogP contribution in [-0.2, 0) is 6.54 Å². The first-order valence-corrected chi connectivity index (χ1v) is 8.22. The zero-order valence-corrected chi connectivity index (χ0v) is 12.9. The van der Waals surface area contributed by atoms with Gasteiger partial charge in [0.1, 0.15) is 0 Å². The zero-order valence-electron chi connectivity index (χ0n) is 12.9. The minimum absolute atomic E-state index is 0.748. The van der Waals surface area contributed by atoms with E-state index in [2.05, 4.69) is 48.6 Å². The summed E-state index contributed by atoms with van der Waals surface area (Å²) >= 11 is 0. The molecule has 0 aliphatic heterocycles. The van der Waals surface area contributed by atoms with Crippen LogP contribution in [-0.4, -0.2) is 31.1 Å². The van der Waals surface area contributed by atoms with Crippen molar-refractivity contribution in [2.45, 2.75) is 63.1 Å². The zero-order chi connectivity index (χ0) is 13.9. The largest absolute Gasteiger partial charge is 0.317 e. The van der Waals surface area contributed by atoms with Crippen LogP contribution >= 0.6 is 0 Å². The minimum Gasteiger partial charge on any atom is -0.317 e. The maximum atomic E-state index is 3.42. The molecule has 1 aromatic rings. The summed E-state index contributed by atoms with van der Waals surface area (Å²) in [4.78, 5) is 2.55. The summed E-state index contributed by atoms with van der Waals surface area (Å²) in [6, 6.07) is 10.9. The third-order valence-electron chi connectivity index (χ3n) is 5.19. The van der Waals surface area contributed by atoms with Gasteiger partial charge < -0.3 is 5.32 Å². The molecule has 2 fully saturated rings. The number of hydrogen-bond acceptors (Lipinski definition) is 2. The lowest BCUT2D eigenvalue weighted by Crippen LogP contribution is -2.39. The van der Waals surface area contributed by atoms with Gasteiger partial charge in [0.25, 0.3) is 0 Å². The van der Waals surface area contributed by atoms with E-state index in [1.165, 1.54) is 44.1 Å². The summed E-state index contributed by atoms with van der Waals surface area (Å²) in [7, 11) is 4.38. The molecule has 20 heavy (non-hydrogen) atoms. The van der Waals surface area contributed by atoms with E-state index in [9.17, 15) is 0 Å². The number of hydrogen-bond donors (Lipinski definition) is 1. The van der Waals surface area contributed by atoms with E-state index in [0.29, 0.717) is 0 Å². The average Bonchev–Trinajstić information content (AvgIpc) is 3.33. The Bertz CT molecular complexity index is 414. The van der Waals surface area contributed by atoms with Crippen molar-refractivity contribution in [1.29, 1.82) is 0 Å². The first-order valence-electron chi connectivity index (χ1n) is 8.22. The van der Waals surface area contributed by atoms with Crippen molar-refractivity contribution in [2.75, 3.05) is 14.1 Å². The summed E-state index contributed by atoms with van der Waals surface area (Å²) in [5.41, 5.74) is 3.01. The topological polar surface area (TPSA) is 15.3 Å². The molecular formula is C18H28N2. The molecule has 2 nitrogen and oxygen atoms in total. The third-order valence-corrected chi connectivity index (χ3v) is 5.19. The van der Waals surface area contributed by atoms with Crippen LogP contribution in [0.4, 0.5) is 0 Å². The van der Waals surface area contributed by atoms with Crippen LogP contribution < -0.4 is 5.32 Å². The van der Waals surface area contributed by atoms with Crippen LogP contribution in [0.5, 0.6) is 0 Å². The highest BCUT2D eigenvalue weighted by Crippen LogP contribution is 2.39. The Morgan fingerprint density at radius 2 is 1.65 bits per heavy atom. The molecule has 0 unspecified atom stereocenters. The van der Waals surface area contributed by atoms with Crippen molar-refractivity contribution >= 4 is 0 Å². The Labute approximate surface area is 123 Å². The van der Waals surface area contributed by atoms with Crippen molar-refractivity contribution in [3.05, 3.63) is 35.4 Å². The highest BCUT2D eigenvalue weighted by atomic mass is 15.1. The van der Waals surface area contributed by atoms with E-state index in [1.807, 2.05) is 0 Å². The van der Waals surface area contributed by atoms with E-state index in [1.54, 1.807) is 5.56 Å². The fourth-order valence-electron chi connectivity index (χ4n) is 3.53. The molecule has 0 saturated heterocycles. The normalized spacial score (nSPS) is 26.9. The van der Waals surface area contributed by atoms with Crippen molar-refractivity contribution in [3.8, 4) is 0 Å². The molecule has 1 N–H and O–H groups in total. The monoisotopic (exact) mass is 272 g/mol. The van der Waals surface area contributed by atoms with Gasteiger partial charge in [0.05, 0.1) is 0 Å². The molecular weight excluding hydrogens is 244 g/mol. The molecule has 2 aliphatic rings. The van der Waals surface area contributed by atoms with Crippen LogP contribution in [0.3, 0.4) is 0 Å². The van der Waals surface area contributed by atoms with Gasteiger partial charge in [0.15, 0.2) is 0 Å². The van der Waals surface area contributed by atoms with Gasteiger partial charge in [-0.3, -0.25) is 4.90 Å². The second-order valence-electron chi connectivity index (χ2n) is 6.73. The van der Waals surface area contributed by atoms with Gasteiger partial charge in [-0.15, -0.1) is 0 Å². The van der Waals surface area contributed by atoms with Gasteiger partial charge in [-0.2, -0.15) is 0 Å². The van der Waals surface area contributed by atoms with Gasteiger partial charge in [-0.05, 0) is 69.7 Å². The van der Waals surface area contributed by atoms with Crippen LogP contribution in [0.15, 0.2) is 24.3 Å². The average molecular weight is 272 g/mol. The second kappa shape index (κ2) is 6.28.